The number of anilines is 2. The fraction of sp³-hybridized carbons (Fsp3) is 0. The molecule has 0 spiro atoms. The molecule has 2 aromatic heterocycles. The highest BCUT2D eigenvalue weighted by atomic mass is 14.8. The van der Waals surface area contributed by atoms with Crippen molar-refractivity contribution in [3.8, 4) is 11.3 Å². The molecule has 4 nitrogen and oxygen atoms in total. The third kappa shape index (κ3) is 1.50. The van der Waals surface area contributed by atoms with Crippen LogP contribution < -0.4 is 11.5 Å². The van der Waals surface area contributed by atoms with E-state index in [0.29, 0.717) is 11.5 Å². The van der Waals surface area contributed by atoms with Crippen molar-refractivity contribution < 1.29 is 0 Å². The minimum absolute atomic E-state index is 0.419. The normalized spacial score (nSPS) is 10.0. The lowest BCUT2D eigenvalue weighted by Gasteiger charge is -2.04. The van der Waals surface area contributed by atoms with Gasteiger partial charge in [0, 0.05) is 29.7 Å². The summed E-state index contributed by atoms with van der Waals surface area (Å²) in [6.45, 7) is 0. The van der Waals surface area contributed by atoms with Crippen LogP contribution in [0.5, 0.6) is 0 Å². The summed E-state index contributed by atoms with van der Waals surface area (Å²) in [6.07, 6.45) is 3.35. The van der Waals surface area contributed by atoms with E-state index in [1.54, 1.807) is 18.5 Å². The van der Waals surface area contributed by atoms with Crippen LogP contribution in [0.1, 0.15) is 0 Å². The molecule has 70 valence electrons. The summed E-state index contributed by atoms with van der Waals surface area (Å²) >= 11 is 0. The zero-order chi connectivity index (χ0) is 9.97. The second-order valence-corrected chi connectivity index (χ2v) is 2.91. The molecule has 0 aliphatic rings. The molecule has 0 amide bonds. The van der Waals surface area contributed by atoms with Crippen molar-refractivity contribution in [1.82, 2.24) is 9.97 Å². The summed E-state index contributed by atoms with van der Waals surface area (Å²) in [5.74, 6) is 0.419. The Morgan fingerprint density at radius 1 is 1.07 bits per heavy atom. The first kappa shape index (κ1) is 8.50. The quantitative estimate of drug-likeness (QED) is 0.703. The van der Waals surface area contributed by atoms with E-state index >= 15 is 0 Å². The van der Waals surface area contributed by atoms with Crippen LogP contribution in [0.2, 0.25) is 0 Å². The fourth-order valence-corrected chi connectivity index (χ4v) is 1.22. The summed E-state index contributed by atoms with van der Waals surface area (Å²) in [6, 6.07) is 7.26. The molecule has 0 bridgehead atoms. The molecule has 4 N–H and O–H groups in total. The van der Waals surface area contributed by atoms with Crippen molar-refractivity contribution >= 4 is 11.5 Å². The van der Waals surface area contributed by atoms with Gasteiger partial charge in [0.25, 0.3) is 0 Å². The predicted molar refractivity (Wildman–Crippen MR) is 56.3 cm³/mol. The van der Waals surface area contributed by atoms with E-state index < -0.39 is 0 Å². The van der Waals surface area contributed by atoms with Gasteiger partial charge in [0.15, 0.2) is 0 Å². The maximum atomic E-state index is 5.79. The van der Waals surface area contributed by atoms with Gasteiger partial charge in [-0.15, -0.1) is 0 Å². The smallest absolute Gasteiger partial charge is 0.125 e. The zero-order valence-corrected chi connectivity index (χ0v) is 7.51. The molecule has 0 unspecified atom stereocenters. The summed E-state index contributed by atoms with van der Waals surface area (Å²) in [5.41, 5.74) is 13.5. The first-order chi connectivity index (χ1) is 6.77. The molecule has 0 fully saturated rings. The maximum Gasteiger partial charge on any atom is 0.125 e. The summed E-state index contributed by atoms with van der Waals surface area (Å²) in [4.78, 5) is 8.15. The second-order valence-electron chi connectivity index (χ2n) is 2.91. The summed E-state index contributed by atoms with van der Waals surface area (Å²) in [5, 5.41) is 0. The Kier molecular flexibility index (Phi) is 2.02. The van der Waals surface area contributed by atoms with Crippen molar-refractivity contribution in [3.63, 3.8) is 0 Å². The SMILES string of the molecule is Nc1cc(N)c(-c2ccccn2)cn1. The number of hydrogen-bond acceptors (Lipinski definition) is 4. The molecule has 4 heteroatoms. The number of nitrogens with two attached hydrogens (primary N) is 2. The molecule has 14 heavy (non-hydrogen) atoms. The van der Waals surface area contributed by atoms with E-state index in [9.17, 15) is 0 Å². The average molecular weight is 186 g/mol. The Hall–Kier alpha value is -2.10. The topological polar surface area (TPSA) is 77.8 Å². The van der Waals surface area contributed by atoms with Gasteiger partial charge in [-0.1, -0.05) is 6.07 Å². The van der Waals surface area contributed by atoms with Crippen molar-refractivity contribution in [2.75, 3.05) is 11.5 Å². The van der Waals surface area contributed by atoms with Crippen LogP contribution in [0, 0.1) is 0 Å². The van der Waals surface area contributed by atoms with Crippen LogP contribution >= 0.6 is 0 Å². The van der Waals surface area contributed by atoms with Gasteiger partial charge in [-0.25, -0.2) is 4.98 Å². The third-order valence-electron chi connectivity index (χ3n) is 1.90. The van der Waals surface area contributed by atoms with Crippen molar-refractivity contribution in [3.05, 3.63) is 36.7 Å². The zero-order valence-electron chi connectivity index (χ0n) is 7.51. The number of aromatic nitrogens is 2. The van der Waals surface area contributed by atoms with E-state index in [2.05, 4.69) is 9.97 Å². The Balaban J connectivity index is 2.53. The number of rotatable bonds is 1. The van der Waals surface area contributed by atoms with Gasteiger partial charge in [0.2, 0.25) is 0 Å². The van der Waals surface area contributed by atoms with Crippen molar-refractivity contribution in [2.45, 2.75) is 0 Å². The predicted octanol–water partition coefficient (Wildman–Crippen LogP) is 1.31. The van der Waals surface area contributed by atoms with E-state index in [4.69, 9.17) is 11.5 Å². The fourth-order valence-electron chi connectivity index (χ4n) is 1.22. The maximum absolute atomic E-state index is 5.79. The van der Waals surface area contributed by atoms with Crippen LogP contribution in [0.4, 0.5) is 11.5 Å². The van der Waals surface area contributed by atoms with Gasteiger partial charge in [0.05, 0.1) is 5.69 Å². The molecule has 0 aromatic carbocycles. The number of hydrogen-bond donors (Lipinski definition) is 2. The Morgan fingerprint density at radius 2 is 1.93 bits per heavy atom. The lowest BCUT2D eigenvalue weighted by Crippen LogP contribution is -1.96. The molecule has 0 saturated heterocycles. The highest BCUT2D eigenvalue weighted by Crippen LogP contribution is 2.23. The number of nitrogens with zero attached hydrogens (tertiary/aromatic N) is 2. The van der Waals surface area contributed by atoms with Crippen LogP contribution in [-0.4, -0.2) is 9.97 Å². The first-order valence-corrected chi connectivity index (χ1v) is 4.20. The van der Waals surface area contributed by atoms with E-state index in [-0.39, 0.29) is 0 Å². The first-order valence-electron chi connectivity index (χ1n) is 4.20. The van der Waals surface area contributed by atoms with Crippen LogP contribution in [0.15, 0.2) is 36.7 Å². The molecule has 0 aliphatic carbocycles. The number of nitrogen functional groups attached to an aromatic ring is 2. The lowest BCUT2D eigenvalue weighted by atomic mass is 10.1. The van der Waals surface area contributed by atoms with Crippen LogP contribution in [0.3, 0.4) is 0 Å². The monoisotopic (exact) mass is 186 g/mol. The third-order valence-corrected chi connectivity index (χ3v) is 1.90. The molecule has 2 heterocycles. The molecular formula is C10H10N4. The van der Waals surface area contributed by atoms with Gasteiger partial charge in [-0.3, -0.25) is 4.98 Å². The van der Waals surface area contributed by atoms with Gasteiger partial charge in [-0.05, 0) is 12.1 Å². The van der Waals surface area contributed by atoms with Crippen molar-refractivity contribution in [2.24, 2.45) is 0 Å². The molecule has 2 aromatic rings. The molecule has 0 atom stereocenters. The molecule has 0 saturated carbocycles. The summed E-state index contributed by atoms with van der Waals surface area (Å²) in [7, 11) is 0. The van der Waals surface area contributed by atoms with Crippen LogP contribution in [-0.2, 0) is 0 Å². The van der Waals surface area contributed by atoms with E-state index in [0.717, 1.165) is 11.3 Å². The molecule has 0 radical (unpaired) electrons. The Labute approximate surface area is 81.6 Å². The minimum Gasteiger partial charge on any atom is -0.398 e. The summed E-state index contributed by atoms with van der Waals surface area (Å²) < 4.78 is 0. The van der Waals surface area contributed by atoms with Gasteiger partial charge < -0.3 is 11.5 Å². The minimum atomic E-state index is 0.419. The average Bonchev–Trinajstić information content (AvgIpc) is 2.19. The van der Waals surface area contributed by atoms with Gasteiger partial charge in [-0.2, -0.15) is 0 Å². The van der Waals surface area contributed by atoms with Gasteiger partial charge in [0.1, 0.15) is 5.82 Å². The number of pyridine rings is 2. The van der Waals surface area contributed by atoms with E-state index in [1.807, 2.05) is 18.2 Å². The molecule has 2 rings (SSSR count). The molecular weight excluding hydrogens is 176 g/mol. The van der Waals surface area contributed by atoms with Crippen molar-refractivity contribution in [1.29, 1.82) is 0 Å². The highest BCUT2D eigenvalue weighted by molar-refractivity contribution is 5.74. The Bertz CT molecular complexity index is 439. The Morgan fingerprint density at radius 3 is 2.57 bits per heavy atom. The van der Waals surface area contributed by atoms with E-state index in [1.165, 1.54) is 0 Å². The highest BCUT2D eigenvalue weighted by Gasteiger charge is 2.03. The molecule has 0 aliphatic heterocycles. The largest absolute Gasteiger partial charge is 0.398 e. The standard InChI is InChI=1S/C10H10N4/c11-8-5-10(12)14-6-7(8)9-3-1-2-4-13-9/h1-6H,(H4,11,12,14). The second kappa shape index (κ2) is 3.33. The van der Waals surface area contributed by atoms with Gasteiger partial charge >= 0.3 is 0 Å². The van der Waals surface area contributed by atoms with Crippen LogP contribution in [0.25, 0.3) is 11.3 Å². The lowest BCUT2D eigenvalue weighted by molar-refractivity contribution is 1.28.